The summed E-state index contributed by atoms with van der Waals surface area (Å²) >= 11 is 0. The third kappa shape index (κ3) is 8.67. The van der Waals surface area contributed by atoms with Gasteiger partial charge in [0.25, 0.3) is 0 Å². The first kappa shape index (κ1) is 31.2. The number of fused-ring (bicyclic) bond motifs is 2. The Morgan fingerprint density at radius 3 is 1.35 bits per heavy atom. The van der Waals surface area contributed by atoms with Crippen LogP contribution in [0.25, 0.3) is 0 Å². The van der Waals surface area contributed by atoms with Crippen LogP contribution >= 0.6 is 14.7 Å². The lowest BCUT2D eigenvalue weighted by molar-refractivity contribution is 0.211. The second kappa shape index (κ2) is 14.5. The first-order valence-electron chi connectivity index (χ1n) is 14.4. The Bertz CT molecular complexity index is 1450. The van der Waals surface area contributed by atoms with Crippen LogP contribution in [0.15, 0.2) is 109 Å². The molecule has 0 aliphatic carbocycles. The van der Waals surface area contributed by atoms with Gasteiger partial charge in [0.15, 0.2) is 0 Å². The fraction of sp³-hybridized carbons (Fsp3) is 0.273. The van der Waals surface area contributed by atoms with Gasteiger partial charge in [0, 0.05) is 47.9 Å². The van der Waals surface area contributed by atoms with Crippen LogP contribution in [0.1, 0.15) is 17.5 Å². The Morgan fingerprint density at radius 1 is 0.558 bits per heavy atom. The molecule has 0 saturated heterocycles. The quantitative estimate of drug-likeness (QED) is 0.282. The Kier molecular flexibility index (Phi) is 10.5. The average Bonchev–Trinajstić information content (AvgIpc) is 3.01. The second-order valence-electron chi connectivity index (χ2n) is 10.7. The van der Waals surface area contributed by atoms with E-state index >= 15 is 0 Å². The number of rotatable bonds is 6. The molecule has 10 heteroatoms. The zero-order valence-corrected chi connectivity index (χ0v) is 25.9. The van der Waals surface area contributed by atoms with Crippen molar-refractivity contribution in [3.05, 3.63) is 120 Å². The van der Waals surface area contributed by atoms with E-state index in [1.165, 1.54) is 0 Å². The molecule has 2 unspecified atom stereocenters. The molecule has 4 aromatic carbocycles. The number of para-hydroxylation sites is 2. The topological polar surface area (TPSA) is 99.5 Å². The molecule has 0 bridgehead atoms. The van der Waals surface area contributed by atoms with Crippen LogP contribution < -0.4 is 20.1 Å². The highest BCUT2D eigenvalue weighted by molar-refractivity contribution is 7.66. The van der Waals surface area contributed by atoms with Crippen LogP contribution in [-0.2, 0) is 22.2 Å². The molecule has 8 nitrogen and oxygen atoms in total. The summed E-state index contributed by atoms with van der Waals surface area (Å²) in [6.45, 7) is 2.46. The summed E-state index contributed by atoms with van der Waals surface area (Å²) < 4.78 is 39.3. The zero-order valence-electron chi connectivity index (χ0n) is 24.1. The first-order chi connectivity index (χ1) is 20.8. The van der Waals surface area contributed by atoms with E-state index in [1.807, 2.05) is 70.5 Å². The molecule has 0 fully saturated rings. The number of hydrogen-bond acceptors (Lipinski definition) is 6. The molecule has 0 aromatic heterocycles. The van der Waals surface area contributed by atoms with Crippen LogP contribution in [0.3, 0.4) is 0 Å². The third-order valence-corrected chi connectivity index (χ3v) is 11.2. The molecule has 2 N–H and O–H groups in total. The molecular formula is C33H38N2O6P2. The highest BCUT2D eigenvalue weighted by atomic mass is 31.2. The van der Waals surface area contributed by atoms with Crippen molar-refractivity contribution in [2.45, 2.75) is 19.5 Å². The highest BCUT2D eigenvalue weighted by Crippen LogP contribution is 2.42. The van der Waals surface area contributed by atoms with Crippen molar-refractivity contribution in [1.82, 2.24) is 9.80 Å². The number of hydrogen-bond donors (Lipinski definition) is 2. The highest BCUT2D eigenvalue weighted by Gasteiger charge is 2.28. The third-order valence-electron chi connectivity index (χ3n) is 7.38. The molecule has 1 aliphatic heterocycles. The molecular weight excluding hydrogens is 582 g/mol. The van der Waals surface area contributed by atoms with Crippen molar-refractivity contribution in [1.29, 1.82) is 0 Å². The molecule has 2 atom stereocenters. The van der Waals surface area contributed by atoms with Crippen molar-refractivity contribution >= 4 is 25.3 Å². The monoisotopic (exact) mass is 620 g/mol. The maximum absolute atomic E-state index is 13.5. The smallest absolute Gasteiger partial charge is 0.243 e. The zero-order chi connectivity index (χ0) is 30.1. The van der Waals surface area contributed by atoms with Crippen LogP contribution in [0, 0.1) is 0 Å². The predicted molar refractivity (Wildman–Crippen MR) is 171 cm³/mol. The first-order valence-corrected chi connectivity index (χ1v) is 18.1. The Labute approximate surface area is 253 Å². The summed E-state index contributed by atoms with van der Waals surface area (Å²) in [6.07, 6.45) is 0.551. The molecule has 5 rings (SSSR count). The summed E-state index contributed by atoms with van der Waals surface area (Å²) in [5.74, 6) is 1.41. The van der Waals surface area contributed by atoms with Gasteiger partial charge in [0.2, 0.25) is 14.7 Å². The number of benzene rings is 4. The van der Waals surface area contributed by atoms with Crippen molar-refractivity contribution in [3.8, 4) is 11.5 Å². The van der Waals surface area contributed by atoms with E-state index < -0.39 is 14.7 Å². The van der Waals surface area contributed by atoms with Crippen LogP contribution in [-0.4, -0.2) is 58.5 Å². The molecule has 1 heterocycles. The van der Waals surface area contributed by atoms with E-state index in [9.17, 15) is 18.9 Å². The van der Waals surface area contributed by atoms with Gasteiger partial charge in [-0.3, -0.25) is 18.9 Å². The van der Waals surface area contributed by atoms with Gasteiger partial charge in [-0.2, -0.15) is 0 Å². The van der Waals surface area contributed by atoms with Crippen molar-refractivity contribution in [3.63, 3.8) is 0 Å². The average molecular weight is 621 g/mol. The van der Waals surface area contributed by atoms with Gasteiger partial charge in [0.1, 0.15) is 24.7 Å². The molecule has 4 aromatic rings. The van der Waals surface area contributed by atoms with E-state index in [4.69, 9.17) is 9.47 Å². The summed E-state index contributed by atoms with van der Waals surface area (Å²) in [5.41, 5.74) is 1.82. The van der Waals surface area contributed by atoms with E-state index in [-0.39, 0.29) is 12.6 Å². The SMILES string of the molecule is O=P(O)(CN1CCCN(CP(=O)(O)c2ccccc2)Cc2ccccc2OCCOc2ccccc2C1)c1ccccc1. The predicted octanol–water partition coefficient (Wildman–Crippen LogP) is 5.26. The number of ether oxygens (including phenoxy) is 2. The maximum atomic E-state index is 13.5. The fourth-order valence-corrected chi connectivity index (χ4v) is 8.45. The van der Waals surface area contributed by atoms with Gasteiger partial charge in [-0.1, -0.05) is 72.8 Å². The Balaban J connectivity index is 1.43. The lowest BCUT2D eigenvalue weighted by atomic mass is 10.2. The van der Waals surface area contributed by atoms with Crippen molar-refractivity contribution < 1.29 is 28.4 Å². The summed E-state index contributed by atoms with van der Waals surface area (Å²) in [4.78, 5) is 26.2. The van der Waals surface area contributed by atoms with E-state index in [0.29, 0.717) is 67.9 Å². The van der Waals surface area contributed by atoms with Gasteiger partial charge in [-0.25, -0.2) is 0 Å². The Morgan fingerprint density at radius 2 is 0.930 bits per heavy atom. The van der Waals surface area contributed by atoms with Gasteiger partial charge in [-0.15, -0.1) is 0 Å². The maximum Gasteiger partial charge on any atom is 0.243 e. The van der Waals surface area contributed by atoms with E-state index in [2.05, 4.69) is 0 Å². The minimum atomic E-state index is -3.69. The number of nitrogens with zero attached hydrogens (tertiary/aromatic N) is 2. The lowest BCUT2D eigenvalue weighted by Crippen LogP contribution is -2.33. The summed E-state index contributed by atoms with van der Waals surface area (Å²) in [7, 11) is -7.38. The van der Waals surface area contributed by atoms with E-state index in [1.54, 1.807) is 48.5 Å². The van der Waals surface area contributed by atoms with Crippen LogP contribution in [0.4, 0.5) is 0 Å². The molecule has 0 spiro atoms. The molecule has 43 heavy (non-hydrogen) atoms. The second-order valence-corrected chi connectivity index (χ2v) is 15.1. The lowest BCUT2D eigenvalue weighted by Gasteiger charge is -2.29. The molecule has 0 amide bonds. The molecule has 1 aliphatic rings. The summed E-state index contributed by atoms with van der Waals surface area (Å²) in [6, 6.07) is 32.9. The summed E-state index contributed by atoms with van der Waals surface area (Å²) in [5, 5.41) is 0.824. The van der Waals surface area contributed by atoms with Gasteiger partial charge in [0.05, 0.1) is 12.6 Å². The molecule has 0 radical (unpaired) electrons. The molecule has 226 valence electrons. The minimum Gasteiger partial charge on any atom is -0.490 e. The van der Waals surface area contributed by atoms with Crippen molar-refractivity contribution in [2.24, 2.45) is 0 Å². The van der Waals surface area contributed by atoms with Gasteiger partial charge in [-0.05, 0) is 42.8 Å². The van der Waals surface area contributed by atoms with Gasteiger partial charge < -0.3 is 19.3 Å². The van der Waals surface area contributed by atoms with Crippen molar-refractivity contribution in [2.75, 3.05) is 38.9 Å². The van der Waals surface area contributed by atoms with Gasteiger partial charge >= 0.3 is 0 Å². The molecule has 0 saturated carbocycles. The fourth-order valence-electron chi connectivity index (χ4n) is 5.28. The van der Waals surface area contributed by atoms with Crippen LogP contribution in [0.2, 0.25) is 0 Å². The standard InChI is InChI=1S/C33H38N2O6P2/c36-42(37,30-14-3-1-4-15-30)26-34-20-11-21-35(27-43(38,39)31-16-5-2-6-17-31)25-29-13-8-10-19-33(29)41-23-22-40-32-18-9-7-12-28(32)24-34/h1-10,12-19H,11,20-27H2,(H,36,37)(H,38,39). The van der Waals surface area contributed by atoms with E-state index in [0.717, 1.165) is 11.1 Å². The minimum absolute atomic E-state index is 0.0280. The Hall–Kier alpha value is -3.22. The largest absolute Gasteiger partial charge is 0.490 e. The normalized spacial score (nSPS) is 18.3. The van der Waals surface area contributed by atoms with Crippen LogP contribution in [0.5, 0.6) is 11.5 Å².